The van der Waals surface area contributed by atoms with Gasteiger partial charge in [0, 0.05) is 24.5 Å². The first-order chi connectivity index (χ1) is 18.5. The Bertz CT molecular complexity index is 1370. The van der Waals surface area contributed by atoms with Gasteiger partial charge in [0.05, 0.1) is 11.9 Å². The lowest BCUT2D eigenvalue weighted by Crippen LogP contribution is -2.53. The summed E-state index contributed by atoms with van der Waals surface area (Å²) in [7, 11) is -3.93. The molecule has 0 aliphatic rings. The Kier molecular flexibility index (Phi) is 10.5. The monoisotopic (exact) mass is 573 g/mol. The minimum Gasteiger partial charge on any atom is -0.354 e. The molecule has 0 bridgehead atoms. The molecule has 2 amide bonds. The zero-order chi connectivity index (χ0) is 28.6. The number of carbonyl (C=O) groups is 2. The maximum Gasteiger partial charge on any atom is 0.244 e. The molecule has 39 heavy (non-hydrogen) atoms. The molecule has 0 fully saturated rings. The second-order valence-corrected chi connectivity index (χ2v) is 12.0. The predicted molar refractivity (Wildman–Crippen MR) is 152 cm³/mol. The molecule has 0 radical (unpaired) electrons. The third kappa shape index (κ3) is 8.80. The Balaban J connectivity index is 2.05. The molecule has 0 spiro atoms. The highest BCUT2D eigenvalue weighted by molar-refractivity contribution is 7.92. The number of hydrogen-bond acceptors (Lipinski definition) is 4. The van der Waals surface area contributed by atoms with Crippen molar-refractivity contribution in [3.05, 3.63) is 101 Å². The van der Waals surface area contributed by atoms with Gasteiger partial charge in [0.2, 0.25) is 21.8 Å². The number of carbonyl (C=O) groups excluding carboxylic acids is 2. The number of halogens is 2. The lowest BCUT2D eigenvalue weighted by atomic mass is 10.0. The number of nitrogens with one attached hydrogen (secondary N) is 1. The number of anilines is 1. The van der Waals surface area contributed by atoms with Crippen molar-refractivity contribution >= 4 is 39.1 Å². The van der Waals surface area contributed by atoms with Crippen molar-refractivity contribution in [3.8, 4) is 0 Å². The van der Waals surface area contributed by atoms with Crippen LogP contribution in [0.4, 0.5) is 10.1 Å². The Morgan fingerprint density at radius 1 is 0.949 bits per heavy atom. The Morgan fingerprint density at radius 3 is 2.15 bits per heavy atom. The van der Waals surface area contributed by atoms with Crippen LogP contribution in [0.3, 0.4) is 0 Å². The van der Waals surface area contributed by atoms with Crippen LogP contribution in [0.1, 0.15) is 25.0 Å². The van der Waals surface area contributed by atoms with Crippen LogP contribution in [0.15, 0.2) is 78.9 Å². The van der Waals surface area contributed by atoms with Crippen molar-refractivity contribution in [1.82, 2.24) is 10.2 Å². The molecule has 0 aliphatic heterocycles. The third-order valence-corrected chi connectivity index (χ3v) is 7.56. The minimum absolute atomic E-state index is 0.0217. The Hall–Kier alpha value is -3.43. The van der Waals surface area contributed by atoms with E-state index in [2.05, 4.69) is 5.32 Å². The Labute approximate surface area is 234 Å². The molecule has 1 N–H and O–H groups in total. The van der Waals surface area contributed by atoms with Crippen molar-refractivity contribution in [1.29, 1.82) is 0 Å². The van der Waals surface area contributed by atoms with Crippen LogP contribution in [-0.2, 0) is 32.6 Å². The van der Waals surface area contributed by atoms with Gasteiger partial charge in [-0.2, -0.15) is 0 Å². The van der Waals surface area contributed by atoms with E-state index in [1.165, 1.54) is 17.0 Å². The molecule has 7 nitrogen and oxygen atoms in total. The van der Waals surface area contributed by atoms with Gasteiger partial charge < -0.3 is 10.2 Å². The van der Waals surface area contributed by atoms with E-state index in [1.54, 1.807) is 24.3 Å². The second kappa shape index (κ2) is 13.6. The fourth-order valence-electron chi connectivity index (χ4n) is 4.01. The molecule has 3 aromatic rings. The van der Waals surface area contributed by atoms with E-state index in [9.17, 15) is 22.4 Å². The van der Waals surface area contributed by atoms with Crippen LogP contribution in [0, 0.1) is 11.7 Å². The summed E-state index contributed by atoms with van der Waals surface area (Å²) in [6.45, 7) is 3.73. The first kappa shape index (κ1) is 30.1. The minimum atomic E-state index is -3.93. The van der Waals surface area contributed by atoms with Gasteiger partial charge in [-0.1, -0.05) is 74.0 Å². The van der Waals surface area contributed by atoms with Crippen molar-refractivity contribution in [2.24, 2.45) is 5.92 Å². The van der Waals surface area contributed by atoms with Gasteiger partial charge in [0.1, 0.15) is 18.4 Å². The number of sulfonamides is 1. The molecule has 1 unspecified atom stereocenters. The highest BCUT2D eigenvalue weighted by Gasteiger charge is 2.33. The number of nitrogens with zero attached hydrogens (tertiary/aromatic N) is 2. The first-order valence-corrected chi connectivity index (χ1v) is 14.8. The molecule has 208 valence electrons. The summed E-state index contributed by atoms with van der Waals surface area (Å²) in [4.78, 5) is 28.9. The van der Waals surface area contributed by atoms with Crippen LogP contribution in [0.25, 0.3) is 0 Å². The Morgan fingerprint density at radius 2 is 1.56 bits per heavy atom. The van der Waals surface area contributed by atoms with E-state index in [0.29, 0.717) is 17.1 Å². The summed E-state index contributed by atoms with van der Waals surface area (Å²) in [5, 5.41) is 3.33. The zero-order valence-corrected chi connectivity index (χ0v) is 23.8. The summed E-state index contributed by atoms with van der Waals surface area (Å²) >= 11 is 6.43. The van der Waals surface area contributed by atoms with Gasteiger partial charge in [-0.05, 0) is 47.4 Å². The summed E-state index contributed by atoms with van der Waals surface area (Å²) in [6, 6.07) is 20.1. The quantitative estimate of drug-likeness (QED) is 0.341. The van der Waals surface area contributed by atoms with E-state index in [-0.39, 0.29) is 30.5 Å². The fraction of sp³-hybridized carbons (Fsp3) is 0.310. The second-order valence-electron chi connectivity index (χ2n) is 9.70. The molecular formula is C29H33ClFN3O4S. The van der Waals surface area contributed by atoms with Crippen molar-refractivity contribution in [3.63, 3.8) is 0 Å². The number of rotatable bonds is 12. The smallest absolute Gasteiger partial charge is 0.244 e. The first-order valence-electron chi connectivity index (χ1n) is 12.5. The maximum atomic E-state index is 14.0. The van der Waals surface area contributed by atoms with Crippen molar-refractivity contribution in [2.45, 2.75) is 32.9 Å². The molecule has 3 rings (SSSR count). The van der Waals surface area contributed by atoms with E-state index in [0.717, 1.165) is 28.3 Å². The summed E-state index contributed by atoms with van der Waals surface area (Å²) < 4.78 is 39.9. The fourth-order valence-corrected chi connectivity index (χ4v) is 5.05. The predicted octanol–water partition coefficient (Wildman–Crippen LogP) is 4.66. The third-order valence-electron chi connectivity index (χ3n) is 6.05. The average molecular weight is 574 g/mol. The van der Waals surface area contributed by atoms with Crippen molar-refractivity contribution in [2.75, 3.05) is 23.7 Å². The normalized spacial score (nSPS) is 12.2. The highest BCUT2D eigenvalue weighted by atomic mass is 35.5. The molecule has 0 aliphatic carbocycles. The lowest BCUT2D eigenvalue weighted by molar-refractivity contribution is -0.140. The zero-order valence-electron chi connectivity index (χ0n) is 22.2. The van der Waals surface area contributed by atoms with Gasteiger partial charge >= 0.3 is 0 Å². The largest absolute Gasteiger partial charge is 0.354 e. The lowest BCUT2D eigenvalue weighted by Gasteiger charge is -2.33. The molecular weight excluding hydrogens is 541 g/mol. The van der Waals surface area contributed by atoms with E-state index >= 15 is 0 Å². The van der Waals surface area contributed by atoms with Gasteiger partial charge in [-0.3, -0.25) is 13.9 Å². The standard InChI is InChI=1S/C29H33ClFN3O4S/c1-21(2)18-32-29(36)27(17-22-9-5-4-6-10-22)33(19-23-11-7-8-12-26(23)30)28(35)20-34(39(3,37)38)25-15-13-24(31)14-16-25/h4-16,21,27H,17-20H2,1-3H3,(H,32,36). The summed E-state index contributed by atoms with van der Waals surface area (Å²) in [5.74, 6) is -1.33. The number of benzene rings is 3. The van der Waals surface area contributed by atoms with Crippen molar-refractivity contribution < 1.29 is 22.4 Å². The van der Waals surface area contributed by atoms with Crippen LogP contribution < -0.4 is 9.62 Å². The summed E-state index contributed by atoms with van der Waals surface area (Å²) in [5.41, 5.74) is 1.57. The number of amides is 2. The van der Waals surface area contributed by atoms with Crippen LogP contribution in [0.2, 0.25) is 5.02 Å². The van der Waals surface area contributed by atoms with Gasteiger partial charge in [-0.15, -0.1) is 0 Å². The van der Waals surface area contributed by atoms with Gasteiger partial charge in [0.15, 0.2) is 0 Å². The van der Waals surface area contributed by atoms with E-state index in [4.69, 9.17) is 11.6 Å². The van der Waals surface area contributed by atoms with E-state index < -0.39 is 34.3 Å². The highest BCUT2D eigenvalue weighted by Crippen LogP contribution is 2.23. The molecule has 3 aromatic carbocycles. The van der Waals surface area contributed by atoms with Crippen LogP contribution in [-0.4, -0.2) is 50.5 Å². The van der Waals surface area contributed by atoms with Gasteiger partial charge in [0.25, 0.3) is 0 Å². The van der Waals surface area contributed by atoms with E-state index in [1.807, 2.05) is 44.2 Å². The molecule has 10 heteroatoms. The summed E-state index contributed by atoms with van der Waals surface area (Å²) in [6.07, 6.45) is 1.18. The molecule has 0 saturated carbocycles. The average Bonchev–Trinajstić information content (AvgIpc) is 2.89. The molecule has 0 aromatic heterocycles. The molecule has 1 atom stereocenters. The molecule has 0 saturated heterocycles. The maximum absolute atomic E-state index is 14.0. The topological polar surface area (TPSA) is 86.8 Å². The SMILES string of the molecule is CC(C)CNC(=O)C(Cc1ccccc1)N(Cc1ccccc1Cl)C(=O)CN(c1ccc(F)cc1)S(C)(=O)=O. The van der Waals surface area contributed by atoms with Crippen LogP contribution in [0.5, 0.6) is 0 Å². The van der Waals surface area contributed by atoms with Crippen LogP contribution >= 0.6 is 11.6 Å². The van der Waals surface area contributed by atoms with Gasteiger partial charge in [-0.25, -0.2) is 12.8 Å². The molecule has 0 heterocycles. The number of hydrogen-bond donors (Lipinski definition) is 1.